The summed E-state index contributed by atoms with van der Waals surface area (Å²) in [6.45, 7) is 0. The Morgan fingerprint density at radius 3 is 0.938 bits per heavy atom. The van der Waals surface area contributed by atoms with Gasteiger partial charge in [0.05, 0.1) is 0 Å². The summed E-state index contributed by atoms with van der Waals surface area (Å²) in [4.78, 5) is 0. The monoisotopic (exact) mass is 1010 g/mol. The molecular formula is C80H50. The molecule has 0 aliphatic carbocycles. The normalized spacial score (nSPS) is 11.8. The fourth-order valence-electron chi connectivity index (χ4n) is 13.2. The third-order valence-electron chi connectivity index (χ3n) is 16.9. The van der Waals surface area contributed by atoms with E-state index in [-0.39, 0.29) is 0 Å². The van der Waals surface area contributed by atoms with Crippen molar-refractivity contribution in [3.05, 3.63) is 303 Å². The standard InChI is InChI=1S/C80H50/c1-2-20-54(21-3-1)73-47-59-25-10-11-26-60(59)48-74(73)62-39-41-67-68-42-40-66(50-76(68)80(65-38-35-53-19-6-9-24-57(53)45-65)79(75(67)49-62)64-37-34-52-18-5-8-23-56(52)44-64)78-71-31-14-12-29-69(71)77(70-30-13-15-32-72(70)78)63-28-16-27-58(46-63)61-36-33-51-17-4-7-22-55(51)43-61/h1-50H. The van der Waals surface area contributed by atoms with Crippen LogP contribution in [-0.2, 0) is 0 Å². The van der Waals surface area contributed by atoms with Crippen LogP contribution < -0.4 is 0 Å². The Hall–Kier alpha value is -10.4. The van der Waals surface area contributed by atoms with Crippen molar-refractivity contribution in [2.24, 2.45) is 0 Å². The molecule has 0 saturated carbocycles. The third kappa shape index (κ3) is 7.60. The lowest BCUT2D eigenvalue weighted by Crippen LogP contribution is -1.95. The lowest BCUT2D eigenvalue weighted by atomic mass is 9.81. The molecule has 0 N–H and O–H groups in total. The van der Waals surface area contributed by atoms with Gasteiger partial charge in [0.2, 0.25) is 0 Å². The van der Waals surface area contributed by atoms with E-state index >= 15 is 0 Å². The van der Waals surface area contributed by atoms with Crippen LogP contribution in [0.15, 0.2) is 303 Å². The number of rotatable bonds is 7. The van der Waals surface area contributed by atoms with E-state index in [2.05, 4.69) is 303 Å². The van der Waals surface area contributed by atoms with E-state index in [1.165, 1.54) is 164 Å². The van der Waals surface area contributed by atoms with E-state index in [1.807, 2.05) is 0 Å². The van der Waals surface area contributed by atoms with Crippen LogP contribution in [-0.4, -0.2) is 0 Å². The number of hydrogen-bond acceptors (Lipinski definition) is 0. The highest BCUT2D eigenvalue weighted by Gasteiger charge is 2.23. The van der Waals surface area contributed by atoms with Crippen molar-refractivity contribution in [2.45, 2.75) is 0 Å². The summed E-state index contributed by atoms with van der Waals surface area (Å²) < 4.78 is 0. The van der Waals surface area contributed by atoms with Crippen LogP contribution in [0, 0.1) is 0 Å². The van der Waals surface area contributed by atoms with Crippen molar-refractivity contribution in [1.29, 1.82) is 0 Å². The van der Waals surface area contributed by atoms with Crippen LogP contribution in [0.3, 0.4) is 0 Å². The molecule has 0 heterocycles. The zero-order chi connectivity index (χ0) is 52.7. The summed E-state index contributed by atoms with van der Waals surface area (Å²) in [5, 5.41) is 19.7. The predicted octanol–water partition coefficient (Wildman–Crippen LogP) is 22.6. The average molecular weight is 1010 g/mol. The minimum atomic E-state index is 1.19. The van der Waals surface area contributed by atoms with E-state index < -0.39 is 0 Å². The molecule has 16 aromatic rings. The van der Waals surface area contributed by atoms with Crippen molar-refractivity contribution < 1.29 is 0 Å². The fraction of sp³-hybridized carbons (Fsp3) is 0. The maximum Gasteiger partial charge on any atom is -0.00199 e. The first-order chi connectivity index (χ1) is 39.6. The molecule has 0 bridgehead atoms. The van der Waals surface area contributed by atoms with Crippen LogP contribution in [0.25, 0.3) is 164 Å². The first-order valence-corrected chi connectivity index (χ1v) is 27.8. The third-order valence-corrected chi connectivity index (χ3v) is 16.9. The molecule has 0 atom stereocenters. The van der Waals surface area contributed by atoms with E-state index in [9.17, 15) is 0 Å². The Bertz CT molecular complexity index is 5120. The van der Waals surface area contributed by atoms with Gasteiger partial charge in [-0.25, -0.2) is 0 Å². The zero-order valence-electron chi connectivity index (χ0n) is 43.9. The van der Waals surface area contributed by atoms with Gasteiger partial charge in [-0.2, -0.15) is 0 Å². The van der Waals surface area contributed by atoms with Crippen molar-refractivity contribution >= 4 is 86.2 Å². The quantitative estimate of drug-likeness (QED) is 0.110. The van der Waals surface area contributed by atoms with E-state index in [0.717, 1.165) is 0 Å². The first-order valence-electron chi connectivity index (χ1n) is 27.8. The summed E-state index contributed by atoms with van der Waals surface area (Å²) in [6.07, 6.45) is 0. The maximum atomic E-state index is 2.52. The van der Waals surface area contributed by atoms with Gasteiger partial charge >= 0.3 is 0 Å². The van der Waals surface area contributed by atoms with Gasteiger partial charge in [-0.05, 0) is 213 Å². The van der Waals surface area contributed by atoms with Crippen LogP contribution in [0.5, 0.6) is 0 Å². The Kier molecular flexibility index (Phi) is 10.7. The Morgan fingerprint density at radius 2 is 0.438 bits per heavy atom. The number of benzene rings is 16. The van der Waals surface area contributed by atoms with E-state index in [0.29, 0.717) is 0 Å². The summed E-state index contributed by atoms with van der Waals surface area (Å²) in [7, 11) is 0. The Morgan fingerprint density at radius 1 is 0.125 bits per heavy atom. The van der Waals surface area contributed by atoms with Crippen LogP contribution in [0.4, 0.5) is 0 Å². The lowest BCUT2D eigenvalue weighted by Gasteiger charge is -2.22. The van der Waals surface area contributed by atoms with Crippen LogP contribution in [0.2, 0.25) is 0 Å². The molecule has 0 saturated heterocycles. The molecular weight excluding hydrogens is 961 g/mol. The molecule has 0 heteroatoms. The minimum absolute atomic E-state index is 1.19. The second-order valence-corrected chi connectivity index (χ2v) is 21.5. The summed E-state index contributed by atoms with van der Waals surface area (Å²) in [5.41, 5.74) is 17.0. The number of hydrogen-bond donors (Lipinski definition) is 0. The molecule has 0 radical (unpaired) electrons. The largest absolute Gasteiger partial charge is 0.0622 e. The second kappa shape index (κ2) is 18.7. The molecule has 16 aromatic carbocycles. The highest BCUT2D eigenvalue weighted by atomic mass is 14.3. The molecule has 370 valence electrons. The molecule has 0 aliphatic rings. The average Bonchev–Trinajstić information content (AvgIpc) is 3.61. The van der Waals surface area contributed by atoms with Gasteiger partial charge in [0.25, 0.3) is 0 Å². The molecule has 0 aliphatic heterocycles. The molecule has 0 amide bonds. The molecule has 0 unspecified atom stereocenters. The number of fused-ring (bicyclic) bond motifs is 9. The molecule has 0 fully saturated rings. The Labute approximate surface area is 464 Å². The van der Waals surface area contributed by atoms with Gasteiger partial charge in [-0.3, -0.25) is 0 Å². The van der Waals surface area contributed by atoms with Gasteiger partial charge in [0.1, 0.15) is 0 Å². The minimum Gasteiger partial charge on any atom is -0.0622 e. The summed E-state index contributed by atoms with van der Waals surface area (Å²) in [5.74, 6) is 0. The van der Waals surface area contributed by atoms with Crippen molar-refractivity contribution in [1.82, 2.24) is 0 Å². The Balaban J connectivity index is 0.985. The lowest BCUT2D eigenvalue weighted by molar-refractivity contribution is 1.61. The second-order valence-electron chi connectivity index (χ2n) is 21.5. The van der Waals surface area contributed by atoms with Crippen molar-refractivity contribution in [3.8, 4) is 77.9 Å². The molecule has 0 nitrogen and oxygen atoms in total. The SMILES string of the molecule is c1ccc(-c2cc3ccccc3cc2-c2ccc3c(c2)c(-c2ccc4ccccc4c2)c(-c2ccc4ccccc4c2)c2cc(-c4c5ccccc5c(-c5cccc(-c6ccc7ccccc7c6)c5)c5ccccc45)ccc23)cc1. The summed E-state index contributed by atoms with van der Waals surface area (Å²) >= 11 is 0. The molecule has 16 rings (SSSR count). The maximum absolute atomic E-state index is 2.52. The fourth-order valence-corrected chi connectivity index (χ4v) is 13.2. The van der Waals surface area contributed by atoms with E-state index in [4.69, 9.17) is 0 Å². The smallest absolute Gasteiger partial charge is 0.00199 e. The molecule has 80 heavy (non-hydrogen) atoms. The van der Waals surface area contributed by atoms with Gasteiger partial charge < -0.3 is 0 Å². The first kappa shape index (κ1) is 45.8. The van der Waals surface area contributed by atoms with E-state index in [1.54, 1.807) is 0 Å². The summed E-state index contributed by atoms with van der Waals surface area (Å²) in [6, 6.07) is 113. The predicted molar refractivity (Wildman–Crippen MR) is 345 cm³/mol. The van der Waals surface area contributed by atoms with Gasteiger partial charge in [0.15, 0.2) is 0 Å². The van der Waals surface area contributed by atoms with Crippen molar-refractivity contribution in [2.75, 3.05) is 0 Å². The highest BCUT2D eigenvalue weighted by molar-refractivity contribution is 6.26. The van der Waals surface area contributed by atoms with Crippen LogP contribution >= 0.6 is 0 Å². The zero-order valence-corrected chi connectivity index (χ0v) is 43.9. The van der Waals surface area contributed by atoms with Crippen LogP contribution in [0.1, 0.15) is 0 Å². The molecule has 0 spiro atoms. The van der Waals surface area contributed by atoms with Gasteiger partial charge in [0, 0.05) is 0 Å². The van der Waals surface area contributed by atoms with Gasteiger partial charge in [-0.15, -0.1) is 0 Å². The van der Waals surface area contributed by atoms with Gasteiger partial charge in [-0.1, -0.05) is 255 Å². The molecule has 0 aromatic heterocycles. The topological polar surface area (TPSA) is 0 Å². The highest BCUT2D eigenvalue weighted by Crippen LogP contribution is 2.51. The van der Waals surface area contributed by atoms with Crippen molar-refractivity contribution in [3.63, 3.8) is 0 Å².